The molecular formula is C22H24N2O4. The van der Waals surface area contributed by atoms with Crippen LogP contribution in [0.3, 0.4) is 0 Å². The van der Waals surface area contributed by atoms with E-state index in [0.29, 0.717) is 18.7 Å². The fraction of sp³-hybridized carbons (Fsp3) is 0.273. The lowest BCUT2D eigenvalue weighted by Gasteiger charge is -2.17. The monoisotopic (exact) mass is 380 g/mol. The first-order valence-electron chi connectivity index (χ1n) is 9.22. The molecule has 146 valence electrons. The number of carbonyl (C=O) groups is 2. The molecule has 3 rings (SSSR count). The Morgan fingerprint density at radius 1 is 1.11 bits per heavy atom. The van der Waals surface area contributed by atoms with Crippen molar-refractivity contribution in [3.8, 4) is 5.75 Å². The second-order valence-corrected chi connectivity index (χ2v) is 6.71. The number of amides is 1. The van der Waals surface area contributed by atoms with Gasteiger partial charge in [-0.3, -0.25) is 4.79 Å². The van der Waals surface area contributed by atoms with Gasteiger partial charge in [-0.2, -0.15) is 0 Å². The largest absolute Gasteiger partial charge is 0.482 e. The van der Waals surface area contributed by atoms with E-state index in [-0.39, 0.29) is 12.5 Å². The fourth-order valence-electron chi connectivity index (χ4n) is 3.22. The van der Waals surface area contributed by atoms with Crippen LogP contribution in [0.15, 0.2) is 54.7 Å². The minimum atomic E-state index is -1.01. The minimum absolute atomic E-state index is 0.0465. The number of hydrogen-bond donors (Lipinski definition) is 1. The van der Waals surface area contributed by atoms with E-state index in [1.165, 1.54) is 0 Å². The van der Waals surface area contributed by atoms with Crippen LogP contribution in [-0.4, -0.2) is 40.1 Å². The highest BCUT2D eigenvalue weighted by Gasteiger charge is 2.15. The molecule has 3 aromatic rings. The molecule has 0 spiro atoms. The molecule has 0 atom stereocenters. The number of carboxylic acid groups (broad SMARTS) is 1. The predicted molar refractivity (Wildman–Crippen MR) is 107 cm³/mol. The Balaban J connectivity index is 1.64. The summed E-state index contributed by atoms with van der Waals surface area (Å²) in [7, 11) is 1.79. The normalized spacial score (nSPS) is 10.8. The number of aryl methyl sites for hydroxylation is 1. The first kappa shape index (κ1) is 19.5. The first-order chi connectivity index (χ1) is 13.5. The van der Waals surface area contributed by atoms with E-state index in [9.17, 15) is 9.59 Å². The van der Waals surface area contributed by atoms with Crippen molar-refractivity contribution in [3.05, 3.63) is 65.9 Å². The molecule has 0 fully saturated rings. The van der Waals surface area contributed by atoms with Gasteiger partial charge in [0.25, 0.3) is 0 Å². The number of aromatic nitrogens is 1. The van der Waals surface area contributed by atoms with Crippen molar-refractivity contribution in [1.82, 2.24) is 9.47 Å². The van der Waals surface area contributed by atoms with E-state index in [0.717, 1.165) is 28.6 Å². The van der Waals surface area contributed by atoms with E-state index >= 15 is 0 Å². The van der Waals surface area contributed by atoms with E-state index in [1.807, 2.05) is 24.3 Å². The van der Waals surface area contributed by atoms with Gasteiger partial charge in [-0.25, -0.2) is 4.79 Å². The number of hydrogen-bond acceptors (Lipinski definition) is 3. The third-order valence-electron chi connectivity index (χ3n) is 4.68. The predicted octanol–water partition coefficient (Wildman–Crippen LogP) is 3.33. The van der Waals surface area contributed by atoms with Gasteiger partial charge in [0.2, 0.25) is 5.91 Å². The summed E-state index contributed by atoms with van der Waals surface area (Å²) < 4.78 is 7.29. The molecule has 2 aromatic carbocycles. The molecule has 0 bridgehead atoms. The molecule has 0 aliphatic carbocycles. The van der Waals surface area contributed by atoms with Gasteiger partial charge in [-0.05, 0) is 36.2 Å². The van der Waals surface area contributed by atoms with Crippen LogP contribution in [0.4, 0.5) is 0 Å². The summed E-state index contributed by atoms with van der Waals surface area (Å²) in [5.41, 5.74) is 3.13. The van der Waals surface area contributed by atoms with Crippen LogP contribution in [0.2, 0.25) is 0 Å². The van der Waals surface area contributed by atoms with Gasteiger partial charge >= 0.3 is 5.97 Å². The number of ether oxygens (including phenoxy) is 1. The first-order valence-corrected chi connectivity index (χ1v) is 9.22. The number of aliphatic carboxylic acids is 1. The van der Waals surface area contributed by atoms with Gasteiger partial charge in [0.15, 0.2) is 6.61 Å². The molecule has 0 aliphatic heterocycles. The maximum atomic E-state index is 12.7. The number of fused-ring (bicyclic) bond motifs is 1. The number of para-hydroxylation sites is 1. The smallest absolute Gasteiger partial charge is 0.341 e. The van der Waals surface area contributed by atoms with E-state index in [1.54, 1.807) is 24.1 Å². The maximum Gasteiger partial charge on any atom is 0.341 e. The molecule has 28 heavy (non-hydrogen) atoms. The van der Waals surface area contributed by atoms with Gasteiger partial charge in [0.05, 0.1) is 6.42 Å². The topological polar surface area (TPSA) is 71.8 Å². The summed E-state index contributed by atoms with van der Waals surface area (Å²) in [6.45, 7) is 3.06. The summed E-state index contributed by atoms with van der Waals surface area (Å²) in [6, 6.07) is 15.2. The number of carboxylic acids is 1. The van der Waals surface area contributed by atoms with Gasteiger partial charge in [0.1, 0.15) is 5.75 Å². The molecule has 1 amide bonds. The lowest BCUT2D eigenvalue weighted by Crippen LogP contribution is -2.27. The number of likely N-dealkylation sites (N-methyl/N-ethyl adjacent to an activating group) is 1. The Labute approximate surface area is 163 Å². The zero-order chi connectivity index (χ0) is 20.1. The second-order valence-electron chi connectivity index (χ2n) is 6.71. The highest BCUT2D eigenvalue weighted by Crippen LogP contribution is 2.22. The maximum absolute atomic E-state index is 12.7. The van der Waals surface area contributed by atoms with Crippen LogP contribution in [0.1, 0.15) is 18.1 Å². The molecule has 0 saturated heterocycles. The average Bonchev–Trinajstić information content (AvgIpc) is 3.05. The molecule has 0 radical (unpaired) electrons. The second kappa shape index (κ2) is 8.61. The summed E-state index contributed by atoms with van der Waals surface area (Å²) in [4.78, 5) is 25.0. The Bertz CT molecular complexity index is 976. The van der Waals surface area contributed by atoms with Gasteiger partial charge in [0, 0.05) is 37.2 Å². The third-order valence-corrected chi connectivity index (χ3v) is 4.68. The Morgan fingerprint density at radius 2 is 1.82 bits per heavy atom. The fourth-order valence-corrected chi connectivity index (χ4v) is 3.22. The van der Waals surface area contributed by atoms with Crippen molar-refractivity contribution in [3.63, 3.8) is 0 Å². The van der Waals surface area contributed by atoms with Crippen molar-refractivity contribution >= 4 is 22.8 Å². The van der Waals surface area contributed by atoms with E-state index < -0.39 is 5.97 Å². The molecule has 0 saturated carbocycles. The minimum Gasteiger partial charge on any atom is -0.482 e. The highest BCUT2D eigenvalue weighted by atomic mass is 16.5. The average molecular weight is 380 g/mol. The summed E-state index contributed by atoms with van der Waals surface area (Å²) in [6.07, 6.45) is 2.41. The Hall–Kier alpha value is -3.28. The zero-order valence-electron chi connectivity index (χ0n) is 16.1. The summed E-state index contributed by atoms with van der Waals surface area (Å²) >= 11 is 0. The van der Waals surface area contributed by atoms with Crippen LogP contribution in [-0.2, 0) is 29.1 Å². The van der Waals surface area contributed by atoms with Crippen molar-refractivity contribution in [2.45, 2.75) is 26.4 Å². The van der Waals surface area contributed by atoms with Crippen molar-refractivity contribution in [2.24, 2.45) is 0 Å². The van der Waals surface area contributed by atoms with Crippen molar-refractivity contribution in [1.29, 1.82) is 0 Å². The Kier molecular flexibility index (Phi) is 5.99. The highest BCUT2D eigenvalue weighted by molar-refractivity contribution is 5.89. The van der Waals surface area contributed by atoms with Crippen LogP contribution in [0, 0.1) is 0 Å². The van der Waals surface area contributed by atoms with Crippen LogP contribution < -0.4 is 4.74 Å². The molecule has 1 aromatic heterocycles. The van der Waals surface area contributed by atoms with Crippen LogP contribution in [0.5, 0.6) is 5.75 Å². The van der Waals surface area contributed by atoms with Crippen molar-refractivity contribution < 1.29 is 19.4 Å². The standard InChI is InChI=1S/C22H24N2O4/c1-3-24-14-17(19-6-4-5-7-20(19)24)12-21(25)23(2)13-16-8-10-18(11-9-16)28-15-22(26)27/h4-11,14H,3,12-13,15H2,1-2H3,(H,26,27). The summed E-state index contributed by atoms with van der Waals surface area (Å²) in [5, 5.41) is 9.76. The number of nitrogens with zero attached hydrogens (tertiary/aromatic N) is 2. The molecule has 1 heterocycles. The van der Waals surface area contributed by atoms with Gasteiger partial charge < -0.3 is 19.3 Å². The molecule has 6 heteroatoms. The SMILES string of the molecule is CCn1cc(CC(=O)N(C)Cc2ccc(OCC(=O)O)cc2)c2ccccc21. The Morgan fingerprint density at radius 3 is 2.50 bits per heavy atom. The van der Waals surface area contributed by atoms with Crippen LogP contribution in [0.25, 0.3) is 10.9 Å². The van der Waals surface area contributed by atoms with Crippen molar-refractivity contribution in [2.75, 3.05) is 13.7 Å². The van der Waals surface area contributed by atoms with E-state index in [2.05, 4.69) is 29.8 Å². The molecular weight excluding hydrogens is 356 g/mol. The third kappa shape index (κ3) is 4.52. The number of rotatable bonds is 8. The quantitative estimate of drug-likeness (QED) is 0.651. The lowest BCUT2D eigenvalue weighted by molar-refractivity contribution is -0.139. The molecule has 6 nitrogen and oxygen atoms in total. The molecule has 0 unspecified atom stereocenters. The van der Waals surface area contributed by atoms with Crippen LogP contribution >= 0.6 is 0 Å². The van der Waals surface area contributed by atoms with E-state index in [4.69, 9.17) is 9.84 Å². The zero-order valence-corrected chi connectivity index (χ0v) is 16.1. The van der Waals surface area contributed by atoms with Gasteiger partial charge in [-0.15, -0.1) is 0 Å². The lowest BCUT2D eigenvalue weighted by atomic mass is 10.1. The van der Waals surface area contributed by atoms with Gasteiger partial charge in [-0.1, -0.05) is 30.3 Å². The molecule has 0 aliphatic rings. The number of carbonyl (C=O) groups excluding carboxylic acids is 1. The summed E-state index contributed by atoms with van der Waals surface area (Å²) in [5.74, 6) is -0.475. The molecule has 1 N–H and O–H groups in total. The number of benzene rings is 2.